The average Bonchev–Trinajstić information content (AvgIpc) is 3.02. The van der Waals surface area contributed by atoms with Crippen LogP contribution >= 0.6 is 0 Å². The third-order valence-corrected chi connectivity index (χ3v) is 7.40. The molecule has 152 valence electrons. The molecule has 0 unspecified atom stereocenters. The van der Waals surface area contributed by atoms with Gasteiger partial charge in [-0.3, -0.25) is 9.89 Å². The predicted molar refractivity (Wildman–Crippen MR) is 105 cm³/mol. The molecule has 2 heterocycles. The van der Waals surface area contributed by atoms with Gasteiger partial charge in [0.1, 0.15) is 4.90 Å². The molecule has 0 spiro atoms. The summed E-state index contributed by atoms with van der Waals surface area (Å²) in [7, 11) is -3.76. The lowest BCUT2D eigenvalue weighted by molar-refractivity contribution is -0.157. The van der Waals surface area contributed by atoms with E-state index in [1.54, 1.807) is 20.8 Å². The smallest absolute Gasteiger partial charge is 0.313 e. The van der Waals surface area contributed by atoms with Crippen molar-refractivity contribution in [3.05, 3.63) is 47.3 Å². The van der Waals surface area contributed by atoms with Crippen LogP contribution < -0.4 is 0 Å². The van der Waals surface area contributed by atoms with Crippen LogP contribution in [-0.2, 0) is 26.0 Å². The van der Waals surface area contributed by atoms with E-state index in [-0.39, 0.29) is 24.0 Å². The maximum atomic E-state index is 13.3. The van der Waals surface area contributed by atoms with Crippen molar-refractivity contribution in [3.63, 3.8) is 0 Å². The predicted octanol–water partition coefficient (Wildman–Crippen LogP) is 2.60. The van der Waals surface area contributed by atoms with E-state index in [4.69, 9.17) is 4.74 Å². The first-order valence-electron chi connectivity index (χ1n) is 9.53. The van der Waals surface area contributed by atoms with Gasteiger partial charge in [0.15, 0.2) is 0 Å². The van der Waals surface area contributed by atoms with Crippen LogP contribution in [0.4, 0.5) is 0 Å². The summed E-state index contributed by atoms with van der Waals surface area (Å²) >= 11 is 0. The molecule has 2 aromatic rings. The number of aryl methyl sites for hydroxylation is 2. The third kappa shape index (κ3) is 3.84. The van der Waals surface area contributed by atoms with Gasteiger partial charge in [-0.05, 0) is 45.6 Å². The van der Waals surface area contributed by atoms with Crippen molar-refractivity contribution in [1.29, 1.82) is 0 Å². The fourth-order valence-electron chi connectivity index (χ4n) is 4.00. The molecule has 1 aliphatic heterocycles. The van der Waals surface area contributed by atoms with Gasteiger partial charge in [0, 0.05) is 13.1 Å². The van der Waals surface area contributed by atoms with Crippen molar-refractivity contribution in [2.24, 2.45) is 5.41 Å². The molecule has 1 aromatic heterocycles. The summed E-state index contributed by atoms with van der Waals surface area (Å²) in [5.41, 5.74) is 1.04. The van der Waals surface area contributed by atoms with Gasteiger partial charge in [0.2, 0.25) is 10.0 Å². The molecule has 0 saturated carbocycles. The molecule has 0 radical (unpaired) electrons. The lowest BCUT2D eigenvalue weighted by Gasteiger charge is -2.40. The lowest BCUT2D eigenvalue weighted by atomic mass is 9.75. The molecule has 7 nitrogen and oxygen atoms in total. The van der Waals surface area contributed by atoms with E-state index in [9.17, 15) is 13.2 Å². The second-order valence-electron chi connectivity index (χ2n) is 7.37. The minimum Gasteiger partial charge on any atom is -0.466 e. The number of benzene rings is 1. The molecule has 1 atom stereocenters. The van der Waals surface area contributed by atoms with Crippen LogP contribution in [0.15, 0.2) is 35.2 Å². The fourth-order valence-corrected chi connectivity index (χ4v) is 5.89. The number of aromatic amines is 1. The zero-order valence-corrected chi connectivity index (χ0v) is 17.4. The van der Waals surface area contributed by atoms with Crippen LogP contribution in [0.2, 0.25) is 0 Å². The SMILES string of the molecule is CCOC(=O)[C@]1(Cc2ccccc2)CCCN(S(=O)(=O)c2c(C)n[nH]c2C)C1. The summed E-state index contributed by atoms with van der Waals surface area (Å²) in [6.45, 7) is 5.88. The summed E-state index contributed by atoms with van der Waals surface area (Å²) in [5, 5.41) is 6.76. The number of hydrogen-bond donors (Lipinski definition) is 1. The Morgan fingerprint density at radius 2 is 2.00 bits per heavy atom. The number of esters is 1. The summed E-state index contributed by atoms with van der Waals surface area (Å²) in [6, 6.07) is 9.67. The highest BCUT2D eigenvalue weighted by atomic mass is 32.2. The summed E-state index contributed by atoms with van der Waals surface area (Å²) < 4.78 is 33.4. The highest BCUT2D eigenvalue weighted by molar-refractivity contribution is 7.89. The largest absolute Gasteiger partial charge is 0.466 e. The molecule has 8 heteroatoms. The van der Waals surface area contributed by atoms with Crippen LogP contribution in [0.1, 0.15) is 36.7 Å². The van der Waals surface area contributed by atoms with Crippen molar-refractivity contribution < 1.29 is 17.9 Å². The number of piperidine rings is 1. The van der Waals surface area contributed by atoms with E-state index in [0.29, 0.717) is 37.2 Å². The molecule has 1 aliphatic rings. The Labute approximate surface area is 166 Å². The molecule has 1 N–H and O–H groups in total. The van der Waals surface area contributed by atoms with E-state index >= 15 is 0 Å². The molecule has 0 amide bonds. The Hall–Kier alpha value is -2.19. The number of ether oxygens (including phenoxy) is 1. The van der Waals surface area contributed by atoms with Crippen molar-refractivity contribution in [3.8, 4) is 0 Å². The number of aromatic nitrogens is 2. The topological polar surface area (TPSA) is 92.4 Å². The maximum Gasteiger partial charge on any atom is 0.313 e. The lowest BCUT2D eigenvalue weighted by Crippen LogP contribution is -2.51. The van der Waals surface area contributed by atoms with Gasteiger partial charge in [-0.2, -0.15) is 9.40 Å². The van der Waals surface area contributed by atoms with Crippen LogP contribution in [0.25, 0.3) is 0 Å². The quantitative estimate of drug-likeness (QED) is 0.746. The second kappa shape index (κ2) is 8.05. The van der Waals surface area contributed by atoms with E-state index in [1.165, 1.54) is 4.31 Å². The summed E-state index contributed by atoms with van der Waals surface area (Å²) in [5.74, 6) is -0.334. The molecule has 1 aromatic carbocycles. The van der Waals surface area contributed by atoms with Gasteiger partial charge >= 0.3 is 5.97 Å². The fraction of sp³-hybridized carbons (Fsp3) is 0.500. The zero-order chi connectivity index (χ0) is 20.4. The number of rotatable bonds is 6. The summed E-state index contributed by atoms with van der Waals surface area (Å²) in [4.78, 5) is 13.2. The molecule has 3 rings (SSSR count). The van der Waals surface area contributed by atoms with Crippen LogP contribution in [0.5, 0.6) is 0 Å². The maximum absolute atomic E-state index is 13.3. The third-order valence-electron chi connectivity index (χ3n) is 5.29. The monoisotopic (exact) mass is 405 g/mol. The standard InChI is InChI=1S/C20H27N3O4S/c1-4-27-19(24)20(13-17-9-6-5-7-10-17)11-8-12-23(14-20)28(25,26)18-15(2)21-22-16(18)3/h5-7,9-10H,4,8,11-14H2,1-3H3,(H,21,22)/t20-/m0/s1. The molecular formula is C20H27N3O4S. The van der Waals surface area contributed by atoms with Crippen LogP contribution in [0.3, 0.4) is 0 Å². The van der Waals surface area contributed by atoms with Gasteiger partial charge in [-0.25, -0.2) is 8.42 Å². The van der Waals surface area contributed by atoms with Crippen molar-refractivity contribution in [1.82, 2.24) is 14.5 Å². The Bertz CT molecular complexity index is 920. The van der Waals surface area contributed by atoms with E-state index in [1.807, 2.05) is 30.3 Å². The Morgan fingerprint density at radius 3 is 2.61 bits per heavy atom. The zero-order valence-electron chi connectivity index (χ0n) is 16.6. The summed E-state index contributed by atoms with van der Waals surface area (Å²) in [6.07, 6.45) is 1.64. The molecule has 28 heavy (non-hydrogen) atoms. The Morgan fingerprint density at radius 1 is 1.29 bits per heavy atom. The number of carbonyl (C=O) groups excluding carboxylic acids is 1. The first-order valence-corrected chi connectivity index (χ1v) is 11.0. The molecule has 1 saturated heterocycles. The van der Waals surface area contributed by atoms with Crippen LogP contribution in [0, 0.1) is 19.3 Å². The first kappa shape index (κ1) is 20.5. The highest BCUT2D eigenvalue weighted by Gasteiger charge is 2.47. The van der Waals surface area contributed by atoms with Gasteiger partial charge < -0.3 is 4.74 Å². The van der Waals surface area contributed by atoms with E-state index < -0.39 is 15.4 Å². The Kier molecular flexibility index (Phi) is 5.90. The molecule has 1 fully saturated rings. The molecule has 0 aliphatic carbocycles. The minimum absolute atomic E-state index is 0.104. The number of nitrogens with one attached hydrogen (secondary N) is 1. The minimum atomic E-state index is -3.76. The number of nitrogens with zero attached hydrogens (tertiary/aromatic N) is 2. The number of carbonyl (C=O) groups is 1. The normalized spacial score (nSPS) is 20.8. The average molecular weight is 406 g/mol. The number of H-pyrrole nitrogens is 1. The second-order valence-corrected chi connectivity index (χ2v) is 9.24. The van der Waals surface area contributed by atoms with Gasteiger partial charge in [0.05, 0.1) is 23.4 Å². The van der Waals surface area contributed by atoms with Crippen molar-refractivity contribution >= 4 is 16.0 Å². The first-order chi connectivity index (χ1) is 13.3. The van der Waals surface area contributed by atoms with Gasteiger partial charge in [-0.15, -0.1) is 0 Å². The van der Waals surface area contributed by atoms with E-state index in [2.05, 4.69) is 10.2 Å². The van der Waals surface area contributed by atoms with Crippen molar-refractivity contribution in [2.45, 2.75) is 44.9 Å². The highest BCUT2D eigenvalue weighted by Crippen LogP contribution is 2.38. The van der Waals surface area contributed by atoms with Gasteiger partial charge in [-0.1, -0.05) is 30.3 Å². The number of hydrogen-bond acceptors (Lipinski definition) is 5. The van der Waals surface area contributed by atoms with E-state index in [0.717, 1.165) is 5.56 Å². The Balaban J connectivity index is 1.97. The van der Waals surface area contributed by atoms with Gasteiger partial charge in [0.25, 0.3) is 0 Å². The van der Waals surface area contributed by atoms with Crippen LogP contribution in [-0.4, -0.2) is 48.6 Å². The molecular weight excluding hydrogens is 378 g/mol. The van der Waals surface area contributed by atoms with Crippen molar-refractivity contribution in [2.75, 3.05) is 19.7 Å². The number of sulfonamides is 1. The molecule has 0 bridgehead atoms.